The first kappa shape index (κ1) is 19.9. The Morgan fingerprint density at radius 2 is 2.00 bits per heavy atom. The van der Waals surface area contributed by atoms with Gasteiger partial charge in [-0.2, -0.15) is 5.10 Å². The number of carbonyl (C=O) groups is 2. The molecule has 0 aliphatic carbocycles. The van der Waals surface area contributed by atoms with Crippen molar-refractivity contribution in [3.8, 4) is 11.4 Å². The maximum atomic E-state index is 13.0. The Hall–Kier alpha value is -4.05. The van der Waals surface area contributed by atoms with Gasteiger partial charge in [0.1, 0.15) is 5.69 Å². The maximum absolute atomic E-state index is 13.0. The summed E-state index contributed by atoms with van der Waals surface area (Å²) in [5, 5.41) is 14.3. The van der Waals surface area contributed by atoms with E-state index in [9.17, 15) is 9.59 Å². The molecule has 1 aromatic carbocycles. The Labute approximate surface area is 183 Å². The molecule has 1 unspecified atom stereocenters. The number of hydrogen-bond donors (Lipinski definition) is 2. The van der Waals surface area contributed by atoms with Crippen LogP contribution in [0.4, 0.5) is 5.69 Å². The van der Waals surface area contributed by atoms with Crippen LogP contribution in [-0.4, -0.2) is 55.4 Å². The summed E-state index contributed by atoms with van der Waals surface area (Å²) in [6.07, 6.45) is 3.87. The largest absolute Gasteiger partial charge is 0.379 e. The summed E-state index contributed by atoms with van der Waals surface area (Å²) in [4.78, 5) is 30.2. The van der Waals surface area contributed by atoms with Crippen LogP contribution in [0.25, 0.3) is 17.0 Å². The number of aryl methyl sites for hydroxylation is 1. The number of amides is 2. The van der Waals surface area contributed by atoms with Gasteiger partial charge >= 0.3 is 0 Å². The fourth-order valence-electron chi connectivity index (χ4n) is 3.64. The fourth-order valence-corrected chi connectivity index (χ4v) is 3.64. The highest BCUT2D eigenvalue weighted by atomic mass is 16.5. The molecule has 1 aliphatic heterocycles. The van der Waals surface area contributed by atoms with Crippen LogP contribution < -0.4 is 10.6 Å². The van der Waals surface area contributed by atoms with E-state index in [0.717, 1.165) is 12.0 Å². The van der Waals surface area contributed by atoms with Gasteiger partial charge in [-0.3, -0.25) is 14.3 Å². The maximum Gasteiger partial charge on any atom is 0.274 e. The number of benzene rings is 1. The minimum atomic E-state index is -0.440. The van der Waals surface area contributed by atoms with E-state index < -0.39 is 5.91 Å². The third-order valence-corrected chi connectivity index (χ3v) is 5.29. The van der Waals surface area contributed by atoms with Crippen molar-refractivity contribution in [1.29, 1.82) is 0 Å². The van der Waals surface area contributed by atoms with Gasteiger partial charge in [0.05, 0.1) is 24.4 Å². The van der Waals surface area contributed by atoms with Gasteiger partial charge in [-0.25, -0.2) is 9.50 Å². The molecule has 0 saturated carbocycles. The molecule has 1 atom stereocenters. The summed E-state index contributed by atoms with van der Waals surface area (Å²) in [6.45, 7) is 1.08. The number of pyridine rings is 1. The van der Waals surface area contributed by atoms with Crippen molar-refractivity contribution in [3.05, 3.63) is 66.1 Å². The van der Waals surface area contributed by atoms with Gasteiger partial charge in [-0.15, -0.1) is 5.10 Å². The SMILES string of the molecule is Cn1ncc(C(=O)NC2CCOC2)c1C(=O)Nc1ccn2nc(-c3ccccc3)nc2c1. The second-order valence-electron chi connectivity index (χ2n) is 7.54. The fraction of sp³-hybridized carbons (Fsp3) is 0.227. The van der Waals surface area contributed by atoms with Crippen LogP contribution in [0, 0.1) is 0 Å². The van der Waals surface area contributed by atoms with Crippen LogP contribution in [0.5, 0.6) is 0 Å². The van der Waals surface area contributed by atoms with Crippen LogP contribution in [0.2, 0.25) is 0 Å². The number of ether oxygens (including phenoxy) is 1. The van der Waals surface area contributed by atoms with Gasteiger partial charge in [0, 0.05) is 37.2 Å². The zero-order valence-electron chi connectivity index (χ0n) is 17.4. The normalized spacial score (nSPS) is 15.7. The molecule has 162 valence electrons. The van der Waals surface area contributed by atoms with E-state index in [1.54, 1.807) is 29.9 Å². The molecule has 4 heterocycles. The van der Waals surface area contributed by atoms with Gasteiger partial charge in [-0.05, 0) is 12.5 Å². The highest BCUT2D eigenvalue weighted by Crippen LogP contribution is 2.19. The number of nitrogens with one attached hydrogen (secondary N) is 2. The van der Waals surface area contributed by atoms with Crippen LogP contribution in [0.15, 0.2) is 54.9 Å². The number of rotatable bonds is 5. The zero-order chi connectivity index (χ0) is 22.1. The average molecular weight is 431 g/mol. The Balaban J connectivity index is 1.37. The second kappa shape index (κ2) is 8.23. The molecule has 1 saturated heterocycles. The van der Waals surface area contributed by atoms with Crippen molar-refractivity contribution in [2.24, 2.45) is 7.05 Å². The molecule has 2 N–H and O–H groups in total. The summed E-state index contributed by atoms with van der Waals surface area (Å²) in [5.41, 5.74) is 2.41. The van der Waals surface area contributed by atoms with Gasteiger partial charge in [-0.1, -0.05) is 30.3 Å². The van der Waals surface area contributed by atoms with E-state index in [-0.39, 0.29) is 23.2 Å². The number of anilines is 1. The minimum Gasteiger partial charge on any atom is -0.379 e. The molecular formula is C22H21N7O3. The molecule has 1 aliphatic rings. The number of aromatic nitrogens is 5. The minimum absolute atomic E-state index is 0.0622. The first-order chi connectivity index (χ1) is 15.6. The first-order valence-electron chi connectivity index (χ1n) is 10.2. The molecule has 1 fully saturated rings. The number of fused-ring (bicyclic) bond motifs is 1. The van der Waals surface area contributed by atoms with Crippen molar-refractivity contribution in [1.82, 2.24) is 29.7 Å². The summed E-state index contributed by atoms with van der Waals surface area (Å²) in [6, 6.07) is 13.0. The summed E-state index contributed by atoms with van der Waals surface area (Å²) >= 11 is 0. The van der Waals surface area contributed by atoms with E-state index in [1.165, 1.54) is 10.9 Å². The predicted molar refractivity (Wildman–Crippen MR) is 116 cm³/mol. The number of nitrogens with zero attached hydrogens (tertiary/aromatic N) is 5. The molecule has 10 heteroatoms. The third kappa shape index (κ3) is 3.83. The van der Waals surface area contributed by atoms with E-state index in [4.69, 9.17) is 4.74 Å². The highest BCUT2D eigenvalue weighted by molar-refractivity contribution is 6.11. The van der Waals surface area contributed by atoms with Gasteiger partial charge < -0.3 is 15.4 Å². The quantitative estimate of drug-likeness (QED) is 0.499. The monoisotopic (exact) mass is 431 g/mol. The summed E-state index contributed by atoms with van der Waals surface area (Å²) in [5.74, 6) is -0.195. The molecule has 0 radical (unpaired) electrons. The van der Waals surface area contributed by atoms with Crippen molar-refractivity contribution < 1.29 is 14.3 Å². The lowest BCUT2D eigenvalue weighted by Crippen LogP contribution is -2.36. The Bertz CT molecular complexity index is 1290. The molecule has 0 bridgehead atoms. The molecule has 4 aromatic rings. The van der Waals surface area contributed by atoms with E-state index >= 15 is 0 Å². The van der Waals surface area contributed by atoms with Crippen LogP contribution in [-0.2, 0) is 11.8 Å². The van der Waals surface area contributed by atoms with Crippen molar-refractivity contribution in [2.75, 3.05) is 18.5 Å². The Morgan fingerprint density at radius 3 is 2.78 bits per heavy atom. The second-order valence-corrected chi connectivity index (χ2v) is 7.54. The lowest BCUT2D eigenvalue weighted by molar-refractivity contribution is 0.0918. The third-order valence-electron chi connectivity index (χ3n) is 5.29. The topological polar surface area (TPSA) is 115 Å². The molecule has 10 nitrogen and oxygen atoms in total. The Kier molecular flexibility index (Phi) is 5.12. The van der Waals surface area contributed by atoms with Crippen LogP contribution in [0.3, 0.4) is 0 Å². The van der Waals surface area contributed by atoms with Gasteiger partial charge in [0.15, 0.2) is 11.5 Å². The lowest BCUT2D eigenvalue weighted by Gasteiger charge is -2.11. The molecule has 0 spiro atoms. The van der Waals surface area contributed by atoms with Crippen molar-refractivity contribution in [3.63, 3.8) is 0 Å². The van der Waals surface area contributed by atoms with E-state index in [1.807, 2.05) is 30.3 Å². The smallest absolute Gasteiger partial charge is 0.274 e. The molecule has 32 heavy (non-hydrogen) atoms. The molecule has 2 amide bonds. The molecule has 5 rings (SSSR count). The number of hydrogen-bond acceptors (Lipinski definition) is 6. The highest BCUT2D eigenvalue weighted by Gasteiger charge is 2.25. The van der Waals surface area contributed by atoms with Gasteiger partial charge in [0.2, 0.25) is 0 Å². The average Bonchev–Trinajstić information content (AvgIpc) is 3.53. The summed E-state index contributed by atoms with van der Waals surface area (Å²) < 4.78 is 8.32. The predicted octanol–water partition coefficient (Wildman–Crippen LogP) is 1.90. The number of carbonyl (C=O) groups excluding carboxylic acids is 2. The van der Waals surface area contributed by atoms with Crippen LogP contribution >= 0.6 is 0 Å². The molecular weight excluding hydrogens is 410 g/mol. The first-order valence-corrected chi connectivity index (χ1v) is 10.2. The lowest BCUT2D eigenvalue weighted by atomic mass is 10.2. The van der Waals surface area contributed by atoms with E-state index in [2.05, 4.69) is 25.8 Å². The van der Waals surface area contributed by atoms with Crippen molar-refractivity contribution in [2.45, 2.75) is 12.5 Å². The Morgan fingerprint density at radius 1 is 1.16 bits per heavy atom. The zero-order valence-corrected chi connectivity index (χ0v) is 17.4. The van der Waals surface area contributed by atoms with Crippen LogP contribution in [0.1, 0.15) is 27.3 Å². The standard InChI is InChI=1S/C22H21N7O3/c1-28-19(17(12-23-28)21(30)25-16-8-10-32-13-16)22(31)24-15-7-9-29-18(11-15)26-20(27-29)14-5-3-2-4-6-14/h2-7,9,11-12,16H,8,10,13H2,1H3,(H,24,31)(H,25,30). The summed E-state index contributed by atoms with van der Waals surface area (Å²) in [7, 11) is 1.62. The van der Waals surface area contributed by atoms with E-state index in [0.29, 0.717) is 30.4 Å². The van der Waals surface area contributed by atoms with Crippen molar-refractivity contribution >= 4 is 23.1 Å². The van der Waals surface area contributed by atoms with Gasteiger partial charge in [0.25, 0.3) is 11.8 Å². The molecule has 3 aromatic heterocycles.